The van der Waals surface area contributed by atoms with Crippen LogP contribution in [0.25, 0.3) is 0 Å². The molecule has 1 unspecified atom stereocenters. The van der Waals surface area contributed by atoms with E-state index in [0.717, 1.165) is 24.9 Å². The average Bonchev–Trinajstić information content (AvgIpc) is 2.55. The second-order valence-corrected chi connectivity index (χ2v) is 5.46. The standard InChI is InChI=1S/C18H20FNO/c19-17-11-9-16(10-12-17)18-8-4-5-13-20(18)21-14-15-6-2-1-3-7-15/h1-3,6-7,9-12,18H,4-5,8,13-14H2. The van der Waals surface area contributed by atoms with E-state index < -0.39 is 0 Å². The second-order valence-electron chi connectivity index (χ2n) is 5.46. The highest BCUT2D eigenvalue weighted by Gasteiger charge is 2.24. The quantitative estimate of drug-likeness (QED) is 0.821. The van der Waals surface area contributed by atoms with Crippen LogP contribution in [0.5, 0.6) is 0 Å². The molecule has 0 aromatic heterocycles. The smallest absolute Gasteiger partial charge is 0.123 e. The summed E-state index contributed by atoms with van der Waals surface area (Å²) in [4.78, 5) is 6.01. The molecule has 0 radical (unpaired) electrons. The zero-order valence-electron chi connectivity index (χ0n) is 12.0. The number of rotatable bonds is 4. The maximum absolute atomic E-state index is 13.1. The first-order chi connectivity index (χ1) is 10.3. The van der Waals surface area contributed by atoms with Gasteiger partial charge in [0.1, 0.15) is 5.82 Å². The summed E-state index contributed by atoms with van der Waals surface area (Å²) in [5.74, 6) is -0.189. The Bertz CT molecular complexity index is 555. The van der Waals surface area contributed by atoms with Crippen LogP contribution in [0, 0.1) is 5.82 Å². The van der Waals surface area contributed by atoms with Crippen molar-refractivity contribution in [1.29, 1.82) is 0 Å². The van der Waals surface area contributed by atoms with E-state index in [4.69, 9.17) is 4.84 Å². The van der Waals surface area contributed by atoms with Gasteiger partial charge in [-0.3, -0.25) is 4.84 Å². The maximum atomic E-state index is 13.1. The van der Waals surface area contributed by atoms with E-state index in [-0.39, 0.29) is 11.9 Å². The minimum absolute atomic E-state index is 0.189. The van der Waals surface area contributed by atoms with E-state index in [0.29, 0.717) is 6.61 Å². The van der Waals surface area contributed by atoms with Gasteiger partial charge in [-0.2, -0.15) is 5.06 Å². The van der Waals surface area contributed by atoms with Crippen LogP contribution in [-0.2, 0) is 11.4 Å². The molecule has 1 aliphatic rings. The van der Waals surface area contributed by atoms with Crippen LogP contribution in [0.3, 0.4) is 0 Å². The zero-order chi connectivity index (χ0) is 14.5. The van der Waals surface area contributed by atoms with Crippen LogP contribution in [-0.4, -0.2) is 11.6 Å². The third kappa shape index (κ3) is 3.69. The van der Waals surface area contributed by atoms with Gasteiger partial charge < -0.3 is 0 Å². The molecule has 2 aromatic rings. The van der Waals surface area contributed by atoms with Gasteiger partial charge in [-0.25, -0.2) is 4.39 Å². The molecule has 0 saturated carbocycles. The number of nitrogens with zero attached hydrogens (tertiary/aromatic N) is 1. The molecule has 3 rings (SSSR count). The number of hydrogen-bond donors (Lipinski definition) is 0. The average molecular weight is 285 g/mol. The van der Waals surface area contributed by atoms with E-state index in [9.17, 15) is 4.39 Å². The highest BCUT2D eigenvalue weighted by Crippen LogP contribution is 2.31. The Morgan fingerprint density at radius 2 is 1.76 bits per heavy atom. The molecule has 2 aromatic carbocycles. The molecule has 0 spiro atoms. The first-order valence-electron chi connectivity index (χ1n) is 7.52. The Labute approximate surface area is 125 Å². The van der Waals surface area contributed by atoms with E-state index in [1.165, 1.54) is 24.1 Å². The van der Waals surface area contributed by atoms with Crippen molar-refractivity contribution in [2.24, 2.45) is 0 Å². The van der Waals surface area contributed by atoms with Crippen molar-refractivity contribution in [1.82, 2.24) is 5.06 Å². The highest BCUT2D eigenvalue weighted by atomic mass is 19.1. The Balaban J connectivity index is 1.68. The van der Waals surface area contributed by atoms with Crippen LogP contribution in [0.2, 0.25) is 0 Å². The van der Waals surface area contributed by atoms with E-state index in [2.05, 4.69) is 17.2 Å². The predicted octanol–water partition coefficient (Wildman–Crippen LogP) is 4.48. The minimum atomic E-state index is -0.189. The maximum Gasteiger partial charge on any atom is 0.123 e. The lowest BCUT2D eigenvalue weighted by Crippen LogP contribution is -2.33. The van der Waals surface area contributed by atoms with Crippen molar-refractivity contribution in [3.8, 4) is 0 Å². The van der Waals surface area contributed by atoms with Gasteiger partial charge in [0.2, 0.25) is 0 Å². The fourth-order valence-electron chi connectivity index (χ4n) is 2.81. The van der Waals surface area contributed by atoms with Gasteiger partial charge in [0.05, 0.1) is 12.6 Å². The lowest BCUT2D eigenvalue weighted by atomic mass is 9.97. The van der Waals surface area contributed by atoms with Crippen molar-refractivity contribution >= 4 is 0 Å². The molecule has 2 nitrogen and oxygen atoms in total. The summed E-state index contributed by atoms with van der Waals surface area (Å²) in [7, 11) is 0. The van der Waals surface area contributed by atoms with E-state index in [1.807, 2.05) is 30.3 Å². The first kappa shape index (κ1) is 14.2. The molecule has 1 atom stereocenters. The van der Waals surface area contributed by atoms with Gasteiger partial charge in [0.15, 0.2) is 0 Å². The third-order valence-electron chi connectivity index (χ3n) is 3.95. The Kier molecular flexibility index (Phi) is 4.63. The van der Waals surface area contributed by atoms with Crippen LogP contribution < -0.4 is 0 Å². The number of hydroxylamine groups is 2. The van der Waals surface area contributed by atoms with Crippen molar-refractivity contribution in [3.63, 3.8) is 0 Å². The van der Waals surface area contributed by atoms with Crippen LogP contribution in [0.15, 0.2) is 54.6 Å². The van der Waals surface area contributed by atoms with Gasteiger partial charge in [-0.15, -0.1) is 0 Å². The SMILES string of the molecule is Fc1ccc(C2CCCCN2OCc2ccccc2)cc1. The van der Waals surface area contributed by atoms with Crippen molar-refractivity contribution in [2.45, 2.75) is 31.9 Å². The molecule has 3 heteroatoms. The third-order valence-corrected chi connectivity index (χ3v) is 3.95. The molecule has 1 heterocycles. The van der Waals surface area contributed by atoms with E-state index >= 15 is 0 Å². The number of halogens is 1. The molecule has 0 amide bonds. The molecule has 0 N–H and O–H groups in total. The highest BCUT2D eigenvalue weighted by molar-refractivity contribution is 5.20. The fourth-order valence-corrected chi connectivity index (χ4v) is 2.81. The number of hydrogen-bond acceptors (Lipinski definition) is 2. The molecule has 1 saturated heterocycles. The molecule has 1 fully saturated rings. The predicted molar refractivity (Wildman–Crippen MR) is 80.9 cm³/mol. The summed E-state index contributed by atoms with van der Waals surface area (Å²) < 4.78 is 13.1. The molecule has 0 bridgehead atoms. The largest absolute Gasteiger partial charge is 0.294 e. The first-order valence-corrected chi connectivity index (χ1v) is 7.52. The normalized spacial score (nSPS) is 19.6. The van der Waals surface area contributed by atoms with Gasteiger partial charge in [-0.1, -0.05) is 48.9 Å². The van der Waals surface area contributed by atoms with E-state index in [1.54, 1.807) is 0 Å². The summed E-state index contributed by atoms with van der Waals surface area (Å²) in [5.41, 5.74) is 2.30. The summed E-state index contributed by atoms with van der Waals surface area (Å²) in [5, 5.41) is 2.06. The summed E-state index contributed by atoms with van der Waals surface area (Å²) in [6.45, 7) is 1.51. The lowest BCUT2D eigenvalue weighted by molar-refractivity contribution is -0.209. The summed E-state index contributed by atoms with van der Waals surface area (Å²) in [6.07, 6.45) is 3.39. The van der Waals surface area contributed by atoms with Crippen LogP contribution in [0.4, 0.5) is 4.39 Å². The molecule has 110 valence electrons. The van der Waals surface area contributed by atoms with Gasteiger partial charge in [0.25, 0.3) is 0 Å². The van der Waals surface area contributed by atoms with Gasteiger partial charge in [0, 0.05) is 6.54 Å². The second kappa shape index (κ2) is 6.83. The summed E-state index contributed by atoms with van der Waals surface area (Å²) >= 11 is 0. The van der Waals surface area contributed by atoms with Crippen LogP contribution in [0.1, 0.15) is 36.4 Å². The monoisotopic (exact) mass is 285 g/mol. The molecule has 1 aliphatic heterocycles. The van der Waals surface area contributed by atoms with Gasteiger partial charge in [-0.05, 0) is 36.1 Å². The number of piperidine rings is 1. The Hall–Kier alpha value is -1.71. The van der Waals surface area contributed by atoms with Crippen molar-refractivity contribution in [3.05, 3.63) is 71.5 Å². The summed E-state index contributed by atoms with van der Waals surface area (Å²) in [6, 6.07) is 17.2. The Morgan fingerprint density at radius 1 is 1.00 bits per heavy atom. The topological polar surface area (TPSA) is 12.5 Å². The van der Waals surface area contributed by atoms with Gasteiger partial charge >= 0.3 is 0 Å². The molecular formula is C18H20FNO. The molecule has 21 heavy (non-hydrogen) atoms. The Morgan fingerprint density at radius 3 is 2.52 bits per heavy atom. The zero-order valence-corrected chi connectivity index (χ0v) is 12.0. The molecular weight excluding hydrogens is 265 g/mol. The lowest BCUT2D eigenvalue weighted by Gasteiger charge is -2.35. The van der Waals surface area contributed by atoms with Crippen molar-refractivity contribution in [2.75, 3.05) is 6.54 Å². The number of benzene rings is 2. The fraction of sp³-hybridized carbons (Fsp3) is 0.333. The minimum Gasteiger partial charge on any atom is -0.294 e. The molecule has 0 aliphatic carbocycles. The van der Waals surface area contributed by atoms with Crippen LogP contribution >= 0.6 is 0 Å². The van der Waals surface area contributed by atoms with Crippen molar-refractivity contribution < 1.29 is 9.23 Å².